The average molecular weight is 792 g/mol. The van der Waals surface area contributed by atoms with E-state index in [-0.39, 0.29) is 30.0 Å². The minimum atomic E-state index is -1.00. The van der Waals surface area contributed by atoms with Gasteiger partial charge in [-0.1, -0.05) is 35.1 Å². The quantitative estimate of drug-likeness (QED) is 0.185. The lowest BCUT2D eigenvalue weighted by molar-refractivity contribution is -0.138. The maximum absolute atomic E-state index is 12.6. The van der Waals surface area contributed by atoms with Crippen molar-refractivity contribution >= 4 is 59.2 Å². The molecule has 0 aliphatic carbocycles. The number of amides is 2. The minimum absolute atomic E-state index is 0.0476. The number of halogens is 1. The molecule has 1 aromatic carbocycles. The number of aromatic nitrogens is 9. The predicted molar refractivity (Wildman–Crippen MR) is 186 cm³/mol. The number of thioether (sulfide) groups is 2. The Morgan fingerprint density at radius 1 is 0.755 bits per heavy atom. The highest BCUT2D eigenvalue weighted by Gasteiger charge is 2.27. The van der Waals surface area contributed by atoms with Crippen molar-refractivity contribution in [3.05, 3.63) is 47.6 Å². The van der Waals surface area contributed by atoms with Crippen LogP contribution in [0.25, 0.3) is 0 Å². The number of carboxylic acid groups (broad SMARTS) is 3. The van der Waals surface area contributed by atoms with Gasteiger partial charge >= 0.3 is 24.1 Å². The number of carboxylic acids is 2. The first kappa shape index (κ1) is 39.0. The number of hydrogen-bond donors (Lipinski definition) is 3. The van der Waals surface area contributed by atoms with E-state index < -0.39 is 24.1 Å². The van der Waals surface area contributed by atoms with Crippen LogP contribution >= 0.6 is 35.1 Å². The van der Waals surface area contributed by atoms with E-state index in [0.29, 0.717) is 71.7 Å². The molecule has 2 aliphatic heterocycles. The number of piperidine rings is 2. The van der Waals surface area contributed by atoms with Crippen molar-refractivity contribution in [2.45, 2.75) is 66.0 Å². The lowest BCUT2D eigenvalue weighted by Crippen LogP contribution is -2.41. The third kappa shape index (κ3) is 12.2. The van der Waals surface area contributed by atoms with Gasteiger partial charge in [0.2, 0.25) is 16.2 Å². The summed E-state index contributed by atoms with van der Waals surface area (Å²) in [4.78, 5) is 51.8. The molecule has 23 heteroatoms. The Hall–Kier alpha value is -5.22. The van der Waals surface area contributed by atoms with E-state index in [2.05, 4.69) is 36.0 Å². The SMILES string of the molecule is O=C(O)CCn1nnnc1SC1CCN(C(=O)Oc2ccc(Oc3ccc(Cl)cn3)cc2)CC1.O=C(O)Cn1nnnc1SC1CCN(C(=O)O)CC1. The van der Waals surface area contributed by atoms with Crippen molar-refractivity contribution in [2.24, 2.45) is 0 Å². The lowest BCUT2D eigenvalue weighted by atomic mass is 10.1. The highest BCUT2D eigenvalue weighted by Crippen LogP contribution is 2.30. The maximum atomic E-state index is 12.6. The van der Waals surface area contributed by atoms with Crippen LogP contribution in [-0.4, -0.2) is 131 Å². The second kappa shape index (κ2) is 19.0. The van der Waals surface area contributed by atoms with E-state index in [4.69, 9.17) is 36.4 Å². The summed E-state index contributed by atoms with van der Waals surface area (Å²) in [5.74, 6) is -0.534. The van der Waals surface area contributed by atoms with Gasteiger partial charge in [0.25, 0.3) is 0 Å². The van der Waals surface area contributed by atoms with Crippen LogP contribution < -0.4 is 9.47 Å². The number of aliphatic carboxylic acids is 2. The van der Waals surface area contributed by atoms with Gasteiger partial charge < -0.3 is 34.6 Å². The summed E-state index contributed by atoms with van der Waals surface area (Å²) in [5, 5.41) is 50.7. The van der Waals surface area contributed by atoms with E-state index in [1.807, 2.05) is 0 Å². The van der Waals surface area contributed by atoms with Crippen LogP contribution in [0.1, 0.15) is 32.1 Å². The van der Waals surface area contributed by atoms with Crippen LogP contribution in [0.2, 0.25) is 5.02 Å². The summed E-state index contributed by atoms with van der Waals surface area (Å²) >= 11 is 8.71. The Labute approximate surface area is 314 Å². The molecule has 2 fully saturated rings. The molecule has 3 aromatic heterocycles. The molecule has 282 valence electrons. The zero-order valence-electron chi connectivity index (χ0n) is 27.9. The molecular weight excluding hydrogens is 758 g/mol. The van der Waals surface area contributed by atoms with Crippen LogP contribution in [0, 0.1) is 0 Å². The number of carbonyl (C=O) groups excluding carboxylic acids is 1. The topological polar surface area (TPSA) is 254 Å². The standard InChI is InChI=1S/C21H21ClN6O5S.C9H13N5O4S/c22-14-1-6-18(23-13-14)32-15-2-4-16(5-3-15)33-21(31)27-10-7-17(8-11-27)34-20-24-25-26-28(20)12-9-19(29)30;15-7(16)5-14-8(10-11-12-14)19-6-1-3-13(4-2-6)9(17)18/h1-6,13,17H,7-12H2,(H,29,30);6H,1-5H2,(H,15,16)(H,17,18). The molecule has 0 bridgehead atoms. The molecule has 3 N–H and O–H groups in total. The second-order valence-electron chi connectivity index (χ2n) is 11.5. The molecule has 0 saturated carbocycles. The van der Waals surface area contributed by atoms with Gasteiger partial charge in [-0.05, 0) is 76.9 Å². The molecule has 2 aliphatic rings. The average Bonchev–Trinajstić information content (AvgIpc) is 3.78. The Bertz CT molecular complexity index is 1830. The molecule has 20 nitrogen and oxygen atoms in total. The van der Waals surface area contributed by atoms with Gasteiger partial charge in [-0.15, -0.1) is 10.2 Å². The molecule has 0 atom stereocenters. The predicted octanol–water partition coefficient (Wildman–Crippen LogP) is 3.74. The summed E-state index contributed by atoms with van der Waals surface area (Å²) in [7, 11) is 0. The first-order chi connectivity index (χ1) is 25.5. The Morgan fingerprint density at radius 3 is 1.87 bits per heavy atom. The van der Waals surface area contributed by atoms with Crippen molar-refractivity contribution in [3.63, 3.8) is 0 Å². The summed E-state index contributed by atoms with van der Waals surface area (Å²) in [6, 6.07) is 10.0. The lowest BCUT2D eigenvalue weighted by Gasteiger charge is -2.30. The van der Waals surface area contributed by atoms with Crippen LogP contribution in [-0.2, 0) is 22.7 Å². The third-order valence-corrected chi connectivity index (χ3v) is 10.6. The zero-order valence-corrected chi connectivity index (χ0v) is 30.3. The summed E-state index contributed by atoms with van der Waals surface area (Å²) < 4.78 is 13.8. The molecule has 0 spiro atoms. The van der Waals surface area contributed by atoms with Crippen LogP contribution in [0.15, 0.2) is 52.9 Å². The van der Waals surface area contributed by atoms with Crippen LogP contribution in [0.4, 0.5) is 9.59 Å². The van der Waals surface area contributed by atoms with Crippen molar-refractivity contribution in [3.8, 4) is 17.4 Å². The number of tetrazole rings is 2. The van der Waals surface area contributed by atoms with Crippen molar-refractivity contribution in [1.29, 1.82) is 0 Å². The molecule has 0 unspecified atom stereocenters. The molecule has 4 aromatic rings. The van der Waals surface area contributed by atoms with Crippen molar-refractivity contribution in [1.82, 2.24) is 55.2 Å². The molecule has 5 heterocycles. The minimum Gasteiger partial charge on any atom is -0.481 e. The smallest absolute Gasteiger partial charge is 0.415 e. The number of nitrogens with zero attached hydrogens (tertiary/aromatic N) is 11. The fourth-order valence-corrected chi connectivity index (χ4v) is 7.28. The fourth-order valence-electron chi connectivity index (χ4n) is 5.03. The van der Waals surface area contributed by atoms with Gasteiger partial charge in [-0.3, -0.25) is 9.59 Å². The number of benzene rings is 1. The van der Waals surface area contributed by atoms with Crippen molar-refractivity contribution < 1.29 is 44.0 Å². The van der Waals surface area contributed by atoms with Gasteiger partial charge in [0.05, 0.1) is 18.0 Å². The number of likely N-dealkylation sites (tertiary alicyclic amines) is 2. The first-order valence-corrected chi connectivity index (χ1v) is 18.3. The Morgan fingerprint density at radius 2 is 1.32 bits per heavy atom. The van der Waals surface area contributed by atoms with Crippen LogP contribution in [0.5, 0.6) is 17.4 Å². The van der Waals surface area contributed by atoms with Gasteiger partial charge in [0.15, 0.2) is 0 Å². The first-order valence-electron chi connectivity index (χ1n) is 16.2. The molecule has 2 saturated heterocycles. The maximum Gasteiger partial charge on any atom is 0.415 e. The van der Waals surface area contributed by atoms with Crippen LogP contribution in [0.3, 0.4) is 0 Å². The van der Waals surface area contributed by atoms with Gasteiger partial charge in [-0.2, -0.15) is 0 Å². The number of ether oxygens (including phenoxy) is 2. The molecular formula is C30H34ClN11O9S2. The molecule has 53 heavy (non-hydrogen) atoms. The van der Waals surface area contributed by atoms with Gasteiger partial charge in [0, 0.05) is 48.9 Å². The van der Waals surface area contributed by atoms with Gasteiger partial charge in [-0.25, -0.2) is 23.9 Å². The van der Waals surface area contributed by atoms with E-state index in [1.165, 1.54) is 44.0 Å². The van der Waals surface area contributed by atoms with E-state index in [9.17, 15) is 19.2 Å². The third-order valence-electron chi connectivity index (χ3n) is 7.73. The van der Waals surface area contributed by atoms with E-state index in [1.54, 1.807) is 41.3 Å². The number of aryl methyl sites for hydroxylation is 1. The Kier molecular flexibility index (Phi) is 14.0. The summed E-state index contributed by atoms with van der Waals surface area (Å²) in [5.41, 5.74) is 0. The normalized spacial score (nSPS) is 15.0. The highest BCUT2D eigenvalue weighted by atomic mass is 35.5. The highest BCUT2D eigenvalue weighted by molar-refractivity contribution is 8.00. The largest absolute Gasteiger partial charge is 0.481 e. The second-order valence-corrected chi connectivity index (χ2v) is 14.5. The summed E-state index contributed by atoms with van der Waals surface area (Å²) in [6.07, 6.45) is 3.03. The Balaban J connectivity index is 0.000000241. The van der Waals surface area contributed by atoms with Gasteiger partial charge in [0.1, 0.15) is 18.0 Å². The molecule has 6 rings (SSSR count). The fraction of sp³-hybridized carbons (Fsp3) is 0.433. The molecule has 2 amide bonds. The summed E-state index contributed by atoms with van der Waals surface area (Å²) in [6.45, 7) is 1.98. The zero-order chi connectivity index (χ0) is 37.7. The number of pyridine rings is 1. The number of hydrogen-bond acceptors (Lipinski definition) is 15. The monoisotopic (exact) mass is 791 g/mol. The number of rotatable bonds is 12. The van der Waals surface area contributed by atoms with E-state index >= 15 is 0 Å². The molecule has 0 radical (unpaired) electrons. The number of carbonyl (C=O) groups is 4. The van der Waals surface area contributed by atoms with E-state index in [0.717, 1.165) is 12.8 Å². The van der Waals surface area contributed by atoms with Crippen molar-refractivity contribution in [2.75, 3.05) is 26.2 Å².